The Bertz CT molecular complexity index is 4350. The first-order chi connectivity index (χ1) is 37.7. The molecule has 3 aliphatic rings. The lowest BCUT2D eigenvalue weighted by atomic mass is 9.65. The Morgan fingerprint density at radius 1 is 0.263 bits per heavy atom. The zero-order chi connectivity index (χ0) is 50.0. The van der Waals surface area contributed by atoms with Crippen LogP contribution in [0, 0.1) is 0 Å². The van der Waals surface area contributed by atoms with Crippen molar-refractivity contribution in [3.05, 3.63) is 336 Å². The molecule has 2 heterocycles. The van der Waals surface area contributed by atoms with E-state index in [0.717, 1.165) is 17.1 Å². The molecular weight excluding hydrogens is 917 g/mol. The molecule has 1 aliphatic heterocycles. The second-order valence-corrected chi connectivity index (χ2v) is 20.7. The van der Waals surface area contributed by atoms with Gasteiger partial charge < -0.3 is 9.47 Å². The van der Waals surface area contributed by atoms with E-state index in [2.05, 4.69) is 301 Å². The molecule has 1 spiro atoms. The Kier molecular flexibility index (Phi) is 9.20. The fourth-order valence-electron chi connectivity index (χ4n) is 14.0. The first kappa shape index (κ1) is 42.7. The summed E-state index contributed by atoms with van der Waals surface area (Å²) >= 11 is 0. The van der Waals surface area contributed by atoms with Crippen LogP contribution in [-0.2, 0) is 10.8 Å². The molecule has 0 atom stereocenters. The van der Waals surface area contributed by atoms with Crippen LogP contribution in [0.4, 0.5) is 17.1 Å². The van der Waals surface area contributed by atoms with Crippen molar-refractivity contribution in [2.75, 3.05) is 4.90 Å². The van der Waals surface area contributed by atoms with Gasteiger partial charge in [-0.05, 0) is 138 Å². The van der Waals surface area contributed by atoms with Gasteiger partial charge in [0.25, 0.3) is 0 Å². The number of rotatable bonds is 7. The Balaban J connectivity index is 0.986. The molecule has 0 N–H and O–H groups in total. The molecule has 354 valence electrons. The molecule has 76 heavy (non-hydrogen) atoms. The van der Waals surface area contributed by atoms with Crippen molar-refractivity contribution in [1.82, 2.24) is 4.57 Å². The number of para-hydroxylation sites is 2. The average Bonchev–Trinajstić information content (AvgIpc) is 4.31. The summed E-state index contributed by atoms with van der Waals surface area (Å²) in [7, 11) is 0. The van der Waals surface area contributed by atoms with Gasteiger partial charge in [0.1, 0.15) is 0 Å². The minimum absolute atomic E-state index is 0.569. The van der Waals surface area contributed by atoms with E-state index in [0.29, 0.717) is 0 Å². The van der Waals surface area contributed by atoms with Gasteiger partial charge in [-0.15, -0.1) is 0 Å². The predicted molar refractivity (Wildman–Crippen MR) is 315 cm³/mol. The quantitative estimate of drug-likeness (QED) is 0.155. The zero-order valence-corrected chi connectivity index (χ0v) is 41.6. The minimum atomic E-state index is -0.598. The minimum Gasteiger partial charge on any atom is -0.310 e. The monoisotopic (exact) mass is 964 g/mol. The van der Waals surface area contributed by atoms with Gasteiger partial charge in [-0.1, -0.05) is 243 Å². The fourth-order valence-corrected chi connectivity index (χ4v) is 14.0. The highest BCUT2D eigenvalue weighted by molar-refractivity contribution is 6.14. The highest BCUT2D eigenvalue weighted by Gasteiger charge is 2.51. The molecule has 2 aliphatic carbocycles. The number of benzene rings is 12. The van der Waals surface area contributed by atoms with Gasteiger partial charge in [-0.2, -0.15) is 0 Å². The third kappa shape index (κ3) is 5.81. The van der Waals surface area contributed by atoms with Crippen molar-refractivity contribution < 1.29 is 0 Å². The SMILES string of the molecule is c1ccc(-c2ccc(-c3ccc(N(c4ccc5c(c4)C(c4ccccc4)(c4ccccc4)c4ccccc4-5)c4cc5c6c(c4)c4ccccc4n6-c4ccccc4C54c5ccccc5-c5ccccc54)cc3)cc2)cc1. The van der Waals surface area contributed by atoms with Gasteiger partial charge in [-0.3, -0.25) is 0 Å². The molecule has 1 aromatic heterocycles. The van der Waals surface area contributed by atoms with Crippen molar-refractivity contribution in [1.29, 1.82) is 0 Å². The van der Waals surface area contributed by atoms with Crippen molar-refractivity contribution in [2.45, 2.75) is 10.8 Å². The predicted octanol–water partition coefficient (Wildman–Crippen LogP) is 18.6. The van der Waals surface area contributed by atoms with Crippen LogP contribution in [0.3, 0.4) is 0 Å². The molecule has 0 saturated carbocycles. The second-order valence-electron chi connectivity index (χ2n) is 20.7. The molecule has 0 amide bonds. The van der Waals surface area contributed by atoms with E-state index in [1.807, 2.05) is 0 Å². The van der Waals surface area contributed by atoms with Crippen LogP contribution in [0.25, 0.3) is 72.0 Å². The van der Waals surface area contributed by atoms with E-state index in [4.69, 9.17) is 0 Å². The first-order valence-corrected chi connectivity index (χ1v) is 26.5. The second kappa shape index (κ2) is 16.4. The first-order valence-electron chi connectivity index (χ1n) is 26.5. The summed E-state index contributed by atoms with van der Waals surface area (Å²) in [6.07, 6.45) is 0. The van der Waals surface area contributed by atoms with Gasteiger partial charge in [0.15, 0.2) is 0 Å². The molecule has 0 saturated heterocycles. The normalized spacial score (nSPS) is 13.7. The molecule has 13 aromatic rings. The molecule has 2 nitrogen and oxygen atoms in total. The van der Waals surface area contributed by atoms with Crippen molar-refractivity contribution in [3.63, 3.8) is 0 Å². The maximum atomic E-state index is 2.55. The average molecular weight is 965 g/mol. The molecule has 0 fully saturated rings. The third-order valence-electron chi connectivity index (χ3n) is 17.1. The number of fused-ring (bicyclic) bond motifs is 15. The number of anilines is 3. The maximum Gasteiger partial charge on any atom is 0.0755 e. The molecule has 12 aromatic carbocycles. The summed E-state index contributed by atoms with van der Waals surface area (Å²) in [5, 5.41) is 2.47. The van der Waals surface area contributed by atoms with Gasteiger partial charge in [-0.25, -0.2) is 0 Å². The van der Waals surface area contributed by atoms with Gasteiger partial charge in [0.05, 0.1) is 27.6 Å². The summed E-state index contributed by atoms with van der Waals surface area (Å²) in [6, 6.07) is 109. The highest BCUT2D eigenvalue weighted by atomic mass is 15.1. The number of hydrogen-bond acceptors (Lipinski definition) is 1. The van der Waals surface area contributed by atoms with E-state index in [9.17, 15) is 0 Å². The smallest absolute Gasteiger partial charge is 0.0755 e. The van der Waals surface area contributed by atoms with Crippen LogP contribution in [-0.4, -0.2) is 4.57 Å². The van der Waals surface area contributed by atoms with Crippen LogP contribution < -0.4 is 4.90 Å². The van der Waals surface area contributed by atoms with E-state index in [-0.39, 0.29) is 0 Å². The fraction of sp³-hybridized carbons (Fsp3) is 0.0270. The number of aromatic nitrogens is 1. The molecule has 0 bridgehead atoms. The highest BCUT2D eigenvalue weighted by Crippen LogP contribution is 2.63. The summed E-state index contributed by atoms with van der Waals surface area (Å²) in [4.78, 5) is 2.54. The Morgan fingerprint density at radius 3 is 1.30 bits per heavy atom. The van der Waals surface area contributed by atoms with Crippen LogP contribution in [0.15, 0.2) is 291 Å². The Morgan fingerprint density at radius 2 is 0.697 bits per heavy atom. The van der Waals surface area contributed by atoms with Crippen LogP contribution in [0.1, 0.15) is 44.5 Å². The Hall–Kier alpha value is -9.76. The van der Waals surface area contributed by atoms with Gasteiger partial charge in [0.2, 0.25) is 0 Å². The number of hydrogen-bond donors (Lipinski definition) is 0. The summed E-state index contributed by atoms with van der Waals surface area (Å²) in [5.74, 6) is 0. The Labute approximate surface area is 442 Å². The molecule has 0 unspecified atom stereocenters. The van der Waals surface area contributed by atoms with Crippen molar-refractivity contribution >= 4 is 38.9 Å². The van der Waals surface area contributed by atoms with E-state index < -0.39 is 10.8 Å². The molecule has 2 heteroatoms. The molecule has 16 rings (SSSR count). The van der Waals surface area contributed by atoms with Crippen molar-refractivity contribution in [2.24, 2.45) is 0 Å². The molecule has 0 radical (unpaired) electrons. The zero-order valence-electron chi connectivity index (χ0n) is 41.6. The van der Waals surface area contributed by atoms with E-state index in [1.54, 1.807) is 0 Å². The van der Waals surface area contributed by atoms with Crippen LogP contribution >= 0.6 is 0 Å². The van der Waals surface area contributed by atoms with Crippen LogP contribution in [0.2, 0.25) is 0 Å². The van der Waals surface area contributed by atoms with Crippen molar-refractivity contribution in [3.8, 4) is 50.2 Å². The topological polar surface area (TPSA) is 8.17 Å². The lowest BCUT2D eigenvalue weighted by Crippen LogP contribution is -2.33. The maximum absolute atomic E-state index is 2.55. The van der Waals surface area contributed by atoms with Gasteiger partial charge >= 0.3 is 0 Å². The lowest BCUT2D eigenvalue weighted by molar-refractivity contribution is 0.748. The summed E-state index contributed by atoms with van der Waals surface area (Å²) in [5.41, 5.74) is 25.9. The largest absolute Gasteiger partial charge is 0.310 e. The molecular formula is C74H48N2. The number of nitrogens with zero attached hydrogens (tertiary/aromatic N) is 2. The lowest BCUT2D eigenvalue weighted by Gasteiger charge is -2.40. The van der Waals surface area contributed by atoms with Crippen LogP contribution in [0.5, 0.6) is 0 Å². The van der Waals surface area contributed by atoms with E-state index >= 15 is 0 Å². The standard InChI is InChI=1S/C74H48N2/c1-4-20-49(21-5-1)50-36-38-51(39-37-50)52-40-42-55(43-41-52)75(56-44-45-61-60-28-10-14-30-64(60)73(68(61)47-56,53-22-6-2-7-23-53)54-24-8-3-9-25-54)57-46-63-62-29-13-18-34-70(62)76-71-35-19-17-33-67(71)74(69(48-57)72(63)76)65-31-15-11-26-58(65)59-27-12-16-32-66(59)74/h1-48H. The third-order valence-corrected chi connectivity index (χ3v) is 17.1. The summed E-state index contributed by atoms with van der Waals surface area (Å²) < 4.78 is 2.55. The van der Waals surface area contributed by atoms with E-state index in [1.165, 1.54) is 117 Å². The van der Waals surface area contributed by atoms with Gasteiger partial charge in [0, 0.05) is 27.8 Å². The summed E-state index contributed by atoms with van der Waals surface area (Å²) in [6.45, 7) is 0.